The molecule has 1 aromatic carbocycles. The normalized spacial score (nSPS) is 12.3. The number of hydrogen-bond acceptors (Lipinski definition) is 3. The first-order valence-electron chi connectivity index (χ1n) is 8.83. The lowest BCUT2D eigenvalue weighted by molar-refractivity contribution is 0.0998. The third-order valence-corrected chi connectivity index (χ3v) is 5.26. The minimum absolute atomic E-state index is 0.0860. The van der Waals surface area contributed by atoms with Crippen LogP contribution in [0.5, 0.6) is 0 Å². The lowest BCUT2D eigenvalue weighted by atomic mass is 9.82. The SMILES string of the molecule is CCCCC(c1ccccc1)c1c(C(N)=O)c(C)nc2ncc(I)cc12. The molecule has 0 aliphatic heterocycles. The van der Waals surface area contributed by atoms with Crippen molar-refractivity contribution >= 4 is 39.5 Å². The Kier molecular flexibility index (Phi) is 5.86. The third-order valence-electron chi connectivity index (χ3n) is 4.67. The molecule has 26 heavy (non-hydrogen) atoms. The summed E-state index contributed by atoms with van der Waals surface area (Å²) in [6.07, 6.45) is 4.91. The first-order chi connectivity index (χ1) is 12.5. The van der Waals surface area contributed by atoms with Crippen LogP contribution in [0.3, 0.4) is 0 Å². The highest BCUT2D eigenvalue weighted by Crippen LogP contribution is 2.37. The van der Waals surface area contributed by atoms with E-state index >= 15 is 0 Å². The molecule has 2 N–H and O–H groups in total. The van der Waals surface area contributed by atoms with E-state index in [-0.39, 0.29) is 5.92 Å². The number of nitrogens with zero attached hydrogens (tertiary/aromatic N) is 2. The van der Waals surface area contributed by atoms with E-state index in [0.29, 0.717) is 16.9 Å². The Balaban J connectivity index is 2.35. The van der Waals surface area contributed by atoms with Gasteiger partial charge in [0.05, 0.1) is 11.3 Å². The minimum Gasteiger partial charge on any atom is -0.366 e. The molecule has 4 nitrogen and oxygen atoms in total. The number of aromatic nitrogens is 2. The van der Waals surface area contributed by atoms with Crippen molar-refractivity contribution in [1.82, 2.24) is 9.97 Å². The molecule has 0 aliphatic rings. The number of nitrogens with two attached hydrogens (primary N) is 1. The fourth-order valence-corrected chi connectivity index (χ4v) is 3.96. The van der Waals surface area contributed by atoms with E-state index in [0.717, 1.165) is 33.8 Å². The monoisotopic (exact) mass is 459 g/mol. The van der Waals surface area contributed by atoms with Gasteiger partial charge in [0.1, 0.15) is 0 Å². The molecular formula is C21H22IN3O. The smallest absolute Gasteiger partial charge is 0.250 e. The highest BCUT2D eigenvalue weighted by atomic mass is 127. The molecule has 0 aliphatic carbocycles. The summed E-state index contributed by atoms with van der Waals surface area (Å²) in [7, 11) is 0. The van der Waals surface area contributed by atoms with Crippen LogP contribution in [0.4, 0.5) is 0 Å². The summed E-state index contributed by atoms with van der Waals surface area (Å²) in [5, 5.41) is 0.918. The van der Waals surface area contributed by atoms with Crippen LogP contribution in [-0.4, -0.2) is 15.9 Å². The Labute approximate surface area is 167 Å². The maximum Gasteiger partial charge on any atom is 0.250 e. The summed E-state index contributed by atoms with van der Waals surface area (Å²) in [4.78, 5) is 21.4. The van der Waals surface area contributed by atoms with Gasteiger partial charge >= 0.3 is 0 Å². The second-order valence-corrected chi connectivity index (χ2v) is 7.73. The molecule has 1 atom stereocenters. The van der Waals surface area contributed by atoms with Gasteiger partial charge in [0.2, 0.25) is 0 Å². The molecule has 2 aromatic heterocycles. The zero-order valence-corrected chi connectivity index (χ0v) is 17.2. The van der Waals surface area contributed by atoms with Crippen molar-refractivity contribution in [2.24, 2.45) is 5.73 Å². The summed E-state index contributed by atoms with van der Waals surface area (Å²) >= 11 is 2.24. The van der Waals surface area contributed by atoms with E-state index in [9.17, 15) is 4.79 Å². The second-order valence-electron chi connectivity index (χ2n) is 6.48. The maximum atomic E-state index is 12.3. The predicted octanol–water partition coefficient (Wildman–Crippen LogP) is 4.96. The molecule has 134 valence electrons. The van der Waals surface area contributed by atoms with Crippen molar-refractivity contribution in [1.29, 1.82) is 0 Å². The van der Waals surface area contributed by atoms with Gasteiger partial charge < -0.3 is 5.73 Å². The van der Waals surface area contributed by atoms with Crippen molar-refractivity contribution < 1.29 is 4.79 Å². The van der Waals surface area contributed by atoms with E-state index in [4.69, 9.17) is 5.73 Å². The Morgan fingerprint density at radius 1 is 1.27 bits per heavy atom. The van der Waals surface area contributed by atoms with E-state index in [1.165, 1.54) is 5.56 Å². The van der Waals surface area contributed by atoms with E-state index in [1.54, 1.807) is 6.20 Å². The van der Waals surface area contributed by atoms with Crippen LogP contribution >= 0.6 is 22.6 Å². The highest BCUT2D eigenvalue weighted by molar-refractivity contribution is 14.1. The number of hydrogen-bond donors (Lipinski definition) is 1. The number of aryl methyl sites for hydroxylation is 1. The molecule has 0 saturated carbocycles. The van der Waals surface area contributed by atoms with Gasteiger partial charge in [-0.05, 0) is 53.1 Å². The minimum atomic E-state index is -0.428. The van der Waals surface area contributed by atoms with Gasteiger partial charge in [-0.1, -0.05) is 50.1 Å². The number of pyridine rings is 2. The van der Waals surface area contributed by atoms with Gasteiger partial charge in [-0.3, -0.25) is 4.79 Å². The molecule has 5 heteroatoms. The number of halogens is 1. The van der Waals surface area contributed by atoms with Crippen LogP contribution in [0.2, 0.25) is 0 Å². The highest BCUT2D eigenvalue weighted by Gasteiger charge is 2.25. The molecule has 1 unspecified atom stereocenters. The van der Waals surface area contributed by atoms with Crippen LogP contribution in [-0.2, 0) is 0 Å². The number of carbonyl (C=O) groups excluding carboxylic acids is 1. The molecule has 0 fully saturated rings. The molecule has 3 rings (SSSR count). The lowest BCUT2D eigenvalue weighted by Gasteiger charge is -2.23. The number of primary amides is 1. The molecular weight excluding hydrogens is 437 g/mol. The van der Waals surface area contributed by atoms with Gasteiger partial charge in [0.15, 0.2) is 5.65 Å². The maximum absolute atomic E-state index is 12.3. The topological polar surface area (TPSA) is 68.9 Å². The van der Waals surface area contributed by atoms with Crippen molar-refractivity contribution in [2.45, 2.75) is 39.0 Å². The Bertz CT molecular complexity index is 941. The first kappa shape index (κ1) is 18.8. The quantitative estimate of drug-likeness (QED) is 0.530. The van der Waals surface area contributed by atoms with Crippen LogP contribution in [0.1, 0.15) is 59.3 Å². The van der Waals surface area contributed by atoms with Gasteiger partial charge in [-0.15, -0.1) is 0 Å². The fourth-order valence-electron chi connectivity index (χ4n) is 3.51. The number of carbonyl (C=O) groups is 1. The van der Waals surface area contributed by atoms with Gasteiger partial charge in [0, 0.05) is 21.1 Å². The van der Waals surface area contributed by atoms with Crippen LogP contribution in [0, 0.1) is 10.5 Å². The van der Waals surface area contributed by atoms with Crippen molar-refractivity contribution in [2.75, 3.05) is 0 Å². The van der Waals surface area contributed by atoms with Crippen LogP contribution in [0.25, 0.3) is 11.0 Å². The molecule has 0 spiro atoms. The number of unbranched alkanes of at least 4 members (excludes halogenated alkanes) is 1. The molecule has 3 aromatic rings. The number of benzene rings is 1. The van der Waals surface area contributed by atoms with E-state index in [1.807, 2.05) is 25.1 Å². The Morgan fingerprint density at radius 2 is 2.00 bits per heavy atom. The second kappa shape index (κ2) is 8.12. The van der Waals surface area contributed by atoms with Crippen molar-refractivity contribution in [3.05, 3.63) is 68.5 Å². The summed E-state index contributed by atoms with van der Waals surface area (Å²) in [6.45, 7) is 4.02. The van der Waals surface area contributed by atoms with Crippen molar-refractivity contribution in [3.63, 3.8) is 0 Å². The zero-order chi connectivity index (χ0) is 18.7. The molecule has 0 saturated heterocycles. The van der Waals surface area contributed by atoms with E-state index < -0.39 is 5.91 Å². The van der Waals surface area contributed by atoms with E-state index in [2.05, 4.69) is 57.7 Å². The van der Waals surface area contributed by atoms with Crippen molar-refractivity contribution in [3.8, 4) is 0 Å². The number of rotatable bonds is 6. The molecule has 1 amide bonds. The summed E-state index contributed by atoms with van der Waals surface area (Å²) in [6, 6.07) is 12.4. The fraction of sp³-hybridized carbons (Fsp3) is 0.286. The van der Waals surface area contributed by atoms with Gasteiger partial charge in [-0.2, -0.15) is 0 Å². The summed E-state index contributed by atoms with van der Waals surface area (Å²) < 4.78 is 1.01. The Hall–Kier alpha value is -2.02. The van der Waals surface area contributed by atoms with Gasteiger partial charge in [-0.25, -0.2) is 9.97 Å². The number of amides is 1. The summed E-state index contributed by atoms with van der Waals surface area (Å²) in [5.41, 5.74) is 9.79. The first-order valence-corrected chi connectivity index (χ1v) is 9.91. The lowest BCUT2D eigenvalue weighted by Crippen LogP contribution is -2.19. The average Bonchev–Trinajstić information content (AvgIpc) is 2.62. The zero-order valence-electron chi connectivity index (χ0n) is 15.0. The Morgan fingerprint density at radius 3 is 2.65 bits per heavy atom. The van der Waals surface area contributed by atoms with Gasteiger partial charge in [0.25, 0.3) is 5.91 Å². The molecule has 0 bridgehead atoms. The van der Waals surface area contributed by atoms with Crippen LogP contribution < -0.4 is 5.73 Å². The predicted molar refractivity (Wildman–Crippen MR) is 113 cm³/mol. The molecule has 0 radical (unpaired) electrons. The summed E-state index contributed by atoms with van der Waals surface area (Å²) in [5.74, 6) is -0.342. The standard InChI is InChI=1S/C21H22IN3O/c1-3-4-10-16(14-8-6-5-7-9-14)19-17-11-15(22)12-24-21(17)25-13(2)18(19)20(23)26/h5-9,11-12,16H,3-4,10H2,1-2H3,(H2,23,26). The number of fused-ring (bicyclic) bond motifs is 1. The third kappa shape index (κ3) is 3.72. The average molecular weight is 459 g/mol. The molecule has 2 heterocycles. The van der Waals surface area contributed by atoms with Crippen LogP contribution in [0.15, 0.2) is 42.6 Å². The largest absolute Gasteiger partial charge is 0.366 e.